The molecule has 0 amide bonds. The Kier molecular flexibility index (Phi) is 6.29. The van der Waals surface area contributed by atoms with Crippen molar-refractivity contribution in [3.8, 4) is 17.1 Å². The van der Waals surface area contributed by atoms with Crippen molar-refractivity contribution in [2.45, 2.75) is 12.8 Å². The molecule has 1 N–H and O–H groups in total. The Hall–Kier alpha value is -2.78. The molecule has 0 saturated heterocycles. The van der Waals surface area contributed by atoms with Crippen LogP contribution in [0.25, 0.3) is 22.4 Å². The summed E-state index contributed by atoms with van der Waals surface area (Å²) in [6, 6.07) is 7.11. The quantitative estimate of drug-likeness (QED) is 0.430. The molecule has 0 unspecified atom stereocenters. The first-order chi connectivity index (χ1) is 12.8. The second-order valence-corrected chi connectivity index (χ2v) is 5.52. The summed E-state index contributed by atoms with van der Waals surface area (Å²) in [5.74, 6) is 0.722. The summed E-state index contributed by atoms with van der Waals surface area (Å²) in [6.45, 7) is 2.35. The van der Waals surface area contributed by atoms with Gasteiger partial charge in [0.25, 0.3) is 0 Å². The molecule has 1 aromatic carbocycles. The second kappa shape index (κ2) is 9.07. The van der Waals surface area contributed by atoms with Crippen molar-refractivity contribution < 1.29 is 18.6 Å². The summed E-state index contributed by atoms with van der Waals surface area (Å²) in [7, 11) is 1.64. The number of nitrogens with one attached hydrogen (secondary N) is 1. The SMILES string of the molecule is COCCOCCCCOc1cccc2cc(-c3nn[nH]n3)c(=O)oc12. The maximum absolute atomic E-state index is 12.2. The van der Waals surface area contributed by atoms with Gasteiger partial charge in [0.2, 0.25) is 5.82 Å². The molecule has 0 atom stereocenters. The number of hydrogen-bond donors (Lipinski definition) is 1. The fourth-order valence-corrected chi connectivity index (χ4v) is 2.40. The number of fused-ring (bicyclic) bond motifs is 1. The molecule has 0 aliphatic rings. The van der Waals surface area contributed by atoms with Gasteiger partial charge >= 0.3 is 5.63 Å². The van der Waals surface area contributed by atoms with Crippen LogP contribution in [0.15, 0.2) is 33.5 Å². The number of methoxy groups -OCH3 is 1. The molecule has 0 saturated carbocycles. The van der Waals surface area contributed by atoms with E-state index in [0.717, 1.165) is 18.2 Å². The van der Waals surface area contributed by atoms with Crippen LogP contribution in [0, 0.1) is 0 Å². The van der Waals surface area contributed by atoms with Crippen molar-refractivity contribution in [2.75, 3.05) is 33.5 Å². The van der Waals surface area contributed by atoms with Crippen LogP contribution in [0.4, 0.5) is 0 Å². The minimum atomic E-state index is -0.540. The highest BCUT2D eigenvalue weighted by Crippen LogP contribution is 2.26. The molecular formula is C17H20N4O5. The highest BCUT2D eigenvalue weighted by molar-refractivity contribution is 5.85. The number of ether oxygens (including phenoxy) is 3. The fraction of sp³-hybridized carbons (Fsp3) is 0.412. The number of nitrogens with zero attached hydrogens (tertiary/aromatic N) is 3. The number of benzene rings is 1. The third-order valence-corrected chi connectivity index (χ3v) is 3.68. The molecule has 0 bridgehead atoms. The van der Waals surface area contributed by atoms with Crippen LogP contribution >= 0.6 is 0 Å². The van der Waals surface area contributed by atoms with Crippen LogP contribution in [0.3, 0.4) is 0 Å². The highest BCUT2D eigenvalue weighted by atomic mass is 16.5. The molecule has 2 heterocycles. The first kappa shape index (κ1) is 18.0. The molecule has 9 nitrogen and oxygen atoms in total. The van der Waals surface area contributed by atoms with Crippen LogP contribution in [0.5, 0.6) is 5.75 Å². The second-order valence-electron chi connectivity index (χ2n) is 5.52. The Balaban J connectivity index is 1.63. The van der Waals surface area contributed by atoms with E-state index < -0.39 is 5.63 Å². The number of para-hydroxylation sites is 1. The average molecular weight is 360 g/mol. The van der Waals surface area contributed by atoms with Gasteiger partial charge in [-0.2, -0.15) is 5.21 Å². The first-order valence-electron chi connectivity index (χ1n) is 8.30. The van der Waals surface area contributed by atoms with Gasteiger partial charge in [0.05, 0.1) is 19.8 Å². The molecule has 0 spiro atoms. The van der Waals surface area contributed by atoms with Crippen molar-refractivity contribution in [3.05, 3.63) is 34.7 Å². The Morgan fingerprint density at radius 2 is 2.04 bits per heavy atom. The lowest BCUT2D eigenvalue weighted by atomic mass is 10.1. The molecular weight excluding hydrogens is 340 g/mol. The van der Waals surface area contributed by atoms with Crippen molar-refractivity contribution in [1.29, 1.82) is 0 Å². The standard InChI is InChI=1S/C17H20N4O5/c1-23-9-10-24-7-2-3-8-25-14-6-4-5-12-11-13(16-18-20-21-19-16)17(22)26-15(12)14/h4-6,11H,2-3,7-10H2,1H3,(H,18,19,20,21). The minimum absolute atomic E-state index is 0.195. The van der Waals surface area contributed by atoms with E-state index in [1.807, 2.05) is 12.1 Å². The molecule has 3 rings (SSSR count). The van der Waals surface area contributed by atoms with Crippen molar-refractivity contribution >= 4 is 11.0 Å². The summed E-state index contributed by atoms with van der Waals surface area (Å²) in [4.78, 5) is 12.2. The van der Waals surface area contributed by atoms with Crippen LogP contribution in [0.1, 0.15) is 12.8 Å². The first-order valence-corrected chi connectivity index (χ1v) is 8.30. The molecule has 3 aromatic rings. The zero-order valence-corrected chi connectivity index (χ0v) is 14.4. The molecule has 26 heavy (non-hydrogen) atoms. The number of tetrazole rings is 1. The predicted octanol–water partition coefficient (Wildman–Crippen LogP) is 1.80. The Morgan fingerprint density at radius 3 is 2.85 bits per heavy atom. The molecule has 138 valence electrons. The zero-order valence-electron chi connectivity index (χ0n) is 14.4. The van der Waals surface area contributed by atoms with Crippen LogP contribution < -0.4 is 10.4 Å². The van der Waals surface area contributed by atoms with E-state index in [-0.39, 0.29) is 11.4 Å². The number of aromatic nitrogens is 4. The topological polar surface area (TPSA) is 112 Å². The predicted molar refractivity (Wildman–Crippen MR) is 93.1 cm³/mol. The maximum atomic E-state index is 12.2. The fourth-order valence-electron chi connectivity index (χ4n) is 2.40. The minimum Gasteiger partial charge on any atom is -0.490 e. The van der Waals surface area contributed by atoms with Gasteiger partial charge in [0.1, 0.15) is 5.56 Å². The molecule has 9 heteroatoms. The molecule has 0 radical (unpaired) electrons. The van der Waals surface area contributed by atoms with E-state index in [1.54, 1.807) is 19.2 Å². The van der Waals surface area contributed by atoms with E-state index in [4.69, 9.17) is 18.6 Å². The summed E-state index contributed by atoms with van der Waals surface area (Å²) in [5.41, 5.74) is 0.110. The van der Waals surface area contributed by atoms with Gasteiger partial charge in [-0.05, 0) is 30.2 Å². The third kappa shape index (κ3) is 4.44. The van der Waals surface area contributed by atoms with Crippen LogP contribution in [-0.4, -0.2) is 54.2 Å². The lowest BCUT2D eigenvalue weighted by molar-refractivity contribution is 0.0674. The number of hydrogen-bond acceptors (Lipinski definition) is 8. The van der Waals surface area contributed by atoms with Crippen LogP contribution in [-0.2, 0) is 9.47 Å². The highest BCUT2D eigenvalue weighted by Gasteiger charge is 2.14. The third-order valence-electron chi connectivity index (χ3n) is 3.68. The number of unbranched alkanes of at least 4 members (excludes halogenated alkanes) is 1. The van der Waals surface area contributed by atoms with E-state index >= 15 is 0 Å². The largest absolute Gasteiger partial charge is 0.490 e. The number of aromatic amines is 1. The monoisotopic (exact) mass is 360 g/mol. The zero-order chi connectivity index (χ0) is 18.2. The lowest BCUT2D eigenvalue weighted by Gasteiger charge is -2.09. The molecule has 0 fully saturated rings. The number of rotatable bonds is 10. The van der Waals surface area contributed by atoms with Gasteiger partial charge in [-0.15, -0.1) is 10.2 Å². The van der Waals surface area contributed by atoms with Crippen molar-refractivity contribution in [2.24, 2.45) is 0 Å². The molecule has 0 aliphatic carbocycles. The summed E-state index contributed by atoms with van der Waals surface area (Å²) >= 11 is 0. The normalized spacial score (nSPS) is 11.1. The number of H-pyrrole nitrogens is 1. The lowest BCUT2D eigenvalue weighted by Crippen LogP contribution is -2.06. The van der Waals surface area contributed by atoms with Gasteiger partial charge in [0, 0.05) is 19.1 Å². The molecule has 0 aliphatic heterocycles. The van der Waals surface area contributed by atoms with Gasteiger partial charge < -0.3 is 18.6 Å². The summed E-state index contributed by atoms with van der Waals surface area (Å²) in [6.07, 6.45) is 1.70. The van der Waals surface area contributed by atoms with Gasteiger partial charge in [0.15, 0.2) is 11.3 Å². The van der Waals surface area contributed by atoms with Crippen molar-refractivity contribution in [3.63, 3.8) is 0 Å². The van der Waals surface area contributed by atoms with Crippen molar-refractivity contribution in [1.82, 2.24) is 20.6 Å². The van der Waals surface area contributed by atoms with E-state index in [1.165, 1.54) is 0 Å². The van der Waals surface area contributed by atoms with E-state index in [0.29, 0.717) is 37.8 Å². The Labute approximate surface area is 149 Å². The van der Waals surface area contributed by atoms with Crippen LogP contribution in [0.2, 0.25) is 0 Å². The Morgan fingerprint density at radius 1 is 1.15 bits per heavy atom. The van der Waals surface area contributed by atoms with Gasteiger partial charge in [-0.3, -0.25) is 0 Å². The average Bonchev–Trinajstić information content (AvgIpc) is 3.18. The molecule has 2 aromatic heterocycles. The van der Waals surface area contributed by atoms with E-state index in [9.17, 15) is 4.79 Å². The Bertz CT molecular complexity index is 878. The summed E-state index contributed by atoms with van der Waals surface area (Å²) < 4.78 is 21.5. The smallest absolute Gasteiger partial charge is 0.347 e. The summed E-state index contributed by atoms with van der Waals surface area (Å²) in [5, 5.41) is 14.1. The van der Waals surface area contributed by atoms with E-state index in [2.05, 4.69) is 20.6 Å². The van der Waals surface area contributed by atoms with Gasteiger partial charge in [-0.25, -0.2) is 4.79 Å². The maximum Gasteiger partial charge on any atom is 0.347 e. The van der Waals surface area contributed by atoms with Gasteiger partial charge in [-0.1, -0.05) is 12.1 Å².